The third-order valence-electron chi connectivity index (χ3n) is 4.21. The molecule has 25 heavy (non-hydrogen) atoms. The molecule has 0 saturated carbocycles. The predicted octanol–water partition coefficient (Wildman–Crippen LogP) is 4.37. The van der Waals surface area contributed by atoms with E-state index >= 15 is 0 Å². The molecule has 5 heteroatoms. The van der Waals surface area contributed by atoms with E-state index in [1.807, 2.05) is 47.1 Å². The van der Waals surface area contributed by atoms with Crippen LogP contribution in [-0.4, -0.2) is 21.3 Å². The molecular weight excluding hydrogens is 312 g/mol. The predicted molar refractivity (Wildman–Crippen MR) is 99.1 cm³/mol. The van der Waals surface area contributed by atoms with Crippen molar-refractivity contribution in [2.75, 3.05) is 11.9 Å². The first kappa shape index (κ1) is 15.4. The van der Waals surface area contributed by atoms with E-state index in [4.69, 9.17) is 4.42 Å². The molecule has 0 bridgehead atoms. The van der Waals surface area contributed by atoms with Gasteiger partial charge in [0.25, 0.3) is 6.01 Å². The number of anilines is 1. The van der Waals surface area contributed by atoms with E-state index in [9.17, 15) is 0 Å². The minimum absolute atomic E-state index is 0.581. The minimum atomic E-state index is 0.581. The average molecular weight is 332 g/mol. The largest absolute Gasteiger partial charge is 0.424 e. The fourth-order valence-corrected chi connectivity index (χ4v) is 2.88. The first-order valence-corrected chi connectivity index (χ1v) is 8.49. The number of rotatable bonds is 6. The molecule has 2 aromatic heterocycles. The summed E-state index contributed by atoms with van der Waals surface area (Å²) in [5.41, 5.74) is 5.12. The number of hydrogen-bond acceptors (Lipinski definition) is 4. The first-order valence-electron chi connectivity index (χ1n) is 8.49. The number of nitrogens with zero attached hydrogens (tertiary/aromatic N) is 3. The summed E-state index contributed by atoms with van der Waals surface area (Å²) in [5, 5.41) is 7.87. The van der Waals surface area contributed by atoms with Gasteiger partial charge in [-0.1, -0.05) is 30.3 Å². The average Bonchev–Trinajstić information content (AvgIpc) is 3.22. The summed E-state index contributed by atoms with van der Waals surface area (Å²) < 4.78 is 7.61. The lowest BCUT2D eigenvalue weighted by Crippen LogP contribution is -2.03. The number of fused-ring (bicyclic) bond motifs is 1. The van der Waals surface area contributed by atoms with Crippen LogP contribution in [0.15, 0.2) is 65.2 Å². The van der Waals surface area contributed by atoms with Crippen molar-refractivity contribution in [2.24, 2.45) is 0 Å². The van der Waals surface area contributed by atoms with Gasteiger partial charge in [-0.2, -0.15) is 10.1 Å². The van der Waals surface area contributed by atoms with Crippen LogP contribution in [-0.2, 0) is 6.42 Å². The number of oxazole rings is 1. The highest BCUT2D eigenvalue weighted by atomic mass is 16.4. The van der Waals surface area contributed by atoms with E-state index in [-0.39, 0.29) is 0 Å². The Hall–Kier alpha value is -3.08. The molecule has 2 aromatic carbocycles. The summed E-state index contributed by atoms with van der Waals surface area (Å²) in [6.07, 6.45) is 4.07. The van der Waals surface area contributed by atoms with Gasteiger partial charge in [0.1, 0.15) is 5.52 Å². The number of hydrogen-bond donors (Lipinski definition) is 1. The molecule has 2 heterocycles. The van der Waals surface area contributed by atoms with Crippen LogP contribution in [0.2, 0.25) is 0 Å². The molecule has 0 saturated heterocycles. The summed E-state index contributed by atoms with van der Waals surface area (Å²) in [6.45, 7) is 2.87. The monoisotopic (exact) mass is 332 g/mol. The van der Waals surface area contributed by atoms with Crippen molar-refractivity contribution in [3.63, 3.8) is 0 Å². The van der Waals surface area contributed by atoms with Crippen molar-refractivity contribution >= 4 is 17.1 Å². The standard InChI is InChI=1S/C20H20N4O/c1-15-16(14-24(23-15)17-9-3-2-4-10-17)8-7-13-21-20-22-18-11-5-6-12-19(18)25-20/h2-6,9-12,14H,7-8,13H2,1H3,(H,21,22). The molecule has 0 unspecified atom stereocenters. The van der Waals surface area contributed by atoms with Crippen molar-refractivity contribution in [2.45, 2.75) is 19.8 Å². The second-order valence-corrected chi connectivity index (χ2v) is 6.04. The van der Waals surface area contributed by atoms with Gasteiger partial charge in [0.15, 0.2) is 5.58 Å². The van der Waals surface area contributed by atoms with Crippen LogP contribution in [0, 0.1) is 6.92 Å². The zero-order chi connectivity index (χ0) is 17.1. The highest BCUT2D eigenvalue weighted by molar-refractivity contribution is 5.74. The van der Waals surface area contributed by atoms with E-state index < -0.39 is 0 Å². The molecule has 5 nitrogen and oxygen atoms in total. The normalized spacial score (nSPS) is 11.1. The van der Waals surface area contributed by atoms with Crippen molar-refractivity contribution in [1.82, 2.24) is 14.8 Å². The SMILES string of the molecule is Cc1nn(-c2ccccc2)cc1CCCNc1nc2ccccc2o1. The van der Waals surface area contributed by atoms with Crippen molar-refractivity contribution < 1.29 is 4.42 Å². The van der Waals surface area contributed by atoms with Crippen LogP contribution in [0.1, 0.15) is 17.7 Å². The Balaban J connectivity index is 1.35. The fourth-order valence-electron chi connectivity index (χ4n) is 2.88. The van der Waals surface area contributed by atoms with Gasteiger partial charge in [-0.25, -0.2) is 4.68 Å². The third-order valence-corrected chi connectivity index (χ3v) is 4.21. The summed E-state index contributed by atoms with van der Waals surface area (Å²) in [4.78, 5) is 4.42. The third kappa shape index (κ3) is 3.40. The summed E-state index contributed by atoms with van der Waals surface area (Å²) in [6, 6.07) is 18.5. The van der Waals surface area contributed by atoms with E-state index in [1.165, 1.54) is 5.56 Å². The lowest BCUT2D eigenvalue weighted by molar-refractivity contribution is 0.612. The van der Waals surface area contributed by atoms with Crippen LogP contribution in [0.25, 0.3) is 16.8 Å². The maximum absolute atomic E-state index is 5.67. The van der Waals surface area contributed by atoms with Crippen LogP contribution < -0.4 is 5.32 Å². The molecule has 1 N–H and O–H groups in total. The number of nitrogens with one attached hydrogen (secondary N) is 1. The Morgan fingerprint density at radius 3 is 2.68 bits per heavy atom. The number of benzene rings is 2. The van der Waals surface area contributed by atoms with E-state index in [0.717, 1.165) is 41.9 Å². The highest BCUT2D eigenvalue weighted by Crippen LogP contribution is 2.18. The second-order valence-electron chi connectivity index (χ2n) is 6.04. The maximum atomic E-state index is 5.67. The van der Waals surface area contributed by atoms with Gasteiger partial charge in [0.2, 0.25) is 0 Å². The lowest BCUT2D eigenvalue weighted by Gasteiger charge is -2.01. The second kappa shape index (κ2) is 6.81. The van der Waals surface area contributed by atoms with Crippen molar-refractivity contribution in [1.29, 1.82) is 0 Å². The van der Waals surface area contributed by atoms with Crippen LogP contribution in [0.4, 0.5) is 6.01 Å². The zero-order valence-corrected chi connectivity index (χ0v) is 14.1. The summed E-state index contributed by atoms with van der Waals surface area (Å²) in [7, 11) is 0. The van der Waals surface area contributed by atoms with Gasteiger partial charge in [-0.15, -0.1) is 0 Å². The van der Waals surface area contributed by atoms with E-state index in [1.54, 1.807) is 0 Å². The fraction of sp³-hybridized carbons (Fsp3) is 0.200. The Kier molecular flexibility index (Phi) is 4.21. The molecule has 0 amide bonds. The van der Waals surface area contributed by atoms with Crippen LogP contribution in [0.3, 0.4) is 0 Å². The van der Waals surface area contributed by atoms with Gasteiger partial charge in [-0.3, -0.25) is 0 Å². The van der Waals surface area contributed by atoms with Gasteiger partial charge >= 0.3 is 0 Å². The van der Waals surface area contributed by atoms with Gasteiger partial charge in [-0.05, 0) is 49.6 Å². The molecule has 0 aliphatic heterocycles. The van der Waals surface area contributed by atoms with Crippen molar-refractivity contribution in [3.05, 3.63) is 72.1 Å². The van der Waals surface area contributed by atoms with Gasteiger partial charge in [0, 0.05) is 12.7 Å². The molecule has 0 radical (unpaired) electrons. The molecule has 4 aromatic rings. The Morgan fingerprint density at radius 1 is 1.04 bits per heavy atom. The van der Waals surface area contributed by atoms with Gasteiger partial charge in [0.05, 0.1) is 11.4 Å². The summed E-state index contributed by atoms with van der Waals surface area (Å²) >= 11 is 0. The molecule has 126 valence electrons. The molecular formula is C20H20N4O. The van der Waals surface area contributed by atoms with E-state index in [0.29, 0.717) is 6.01 Å². The lowest BCUT2D eigenvalue weighted by atomic mass is 10.1. The maximum Gasteiger partial charge on any atom is 0.295 e. The smallest absolute Gasteiger partial charge is 0.295 e. The molecule has 0 atom stereocenters. The van der Waals surface area contributed by atoms with Crippen LogP contribution >= 0.6 is 0 Å². The molecule has 4 rings (SSSR count). The Labute approximate surface area is 146 Å². The topological polar surface area (TPSA) is 55.9 Å². The molecule has 0 aliphatic rings. The summed E-state index contributed by atoms with van der Waals surface area (Å²) in [5.74, 6) is 0. The zero-order valence-electron chi connectivity index (χ0n) is 14.1. The number of aryl methyl sites for hydroxylation is 2. The highest BCUT2D eigenvalue weighted by Gasteiger charge is 2.07. The van der Waals surface area contributed by atoms with Gasteiger partial charge < -0.3 is 9.73 Å². The first-order chi connectivity index (χ1) is 12.3. The molecule has 0 spiro atoms. The van der Waals surface area contributed by atoms with Crippen molar-refractivity contribution in [3.8, 4) is 5.69 Å². The minimum Gasteiger partial charge on any atom is -0.424 e. The quantitative estimate of drug-likeness (QED) is 0.533. The number of para-hydroxylation sites is 3. The Bertz CT molecular complexity index is 939. The van der Waals surface area contributed by atoms with E-state index in [2.05, 4.69) is 40.7 Å². The Morgan fingerprint density at radius 2 is 1.84 bits per heavy atom. The number of aromatic nitrogens is 3. The molecule has 0 aliphatic carbocycles. The molecule has 0 fully saturated rings. The van der Waals surface area contributed by atoms with Crippen LogP contribution in [0.5, 0.6) is 0 Å².